The molecule has 0 bridgehead atoms. The van der Waals surface area contributed by atoms with E-state index < -0.39 is 0 Å². The summed E-state index contributed by atoms with van der Waals surface area (Å²) in [5.74, 6) is 0.506. The first-order valence-corrected chi connectivity index (χ1v) is 5.04. The molecule has 0 unspecified atom stereocenters. The van der Waals surface area contributed by atoms with Gasteiger partial charge < -0.3 is 5.73 Å². The van der Waals surface area contributed by atoms with Crippen LogP contribution in [-0.2, 0) is 0 Å². The van der Waals surface area contributed by atoms with Crippen LogP contribution < -0.4 is 5.73 Å². The molecule has 72 valence electrons. The number of nitrogens with zero attached hydrogens (tertiary/aromatic N) is 2. The minimum Gasteiger partial charge on any atom is -0.369 e. The predicted octanol–water partition coefficient (Wildman–Crippen LogP) is 2.53. The topological polar surface area (TPSA) is 43.8 Å². The molecule has 0 radical (unpaired) electrons. The molecule has 0 atom stereocenters. The van der Waals surface area contributed by atoms with Gasteiger partial charge in [-0.3, -0.25) is 4.57 Å². The van der Waals surface area contributed by atoms with Crippen LogP contribution >= 0.6 is 15.9 Å². The van der Waals surface area contributed by atoms with Gasteiger partial charge in [0.15, 0.2) is 0 Å². The van der Waals surface area contributed by atoms with Gasteiger partial charge in [-0.25, -0.2) is 4.98 Å². The fourth-order valence-electron chi connectivity index (χ4n) is 1.38. The van der Waals surface area contributed by atoms with Gasteiger partial charge in [-0.2, -0.15) is 0 Å². The third-order valence-corrected chi connectivity index (χ3v) is 3.03. The molecule has 2 N–H and O–H groups in total. The van der Waals surface area contributed by atoms with Crippen molar-refractivity contribution in [3.05, 3.63) is 40.6 Å². The molecular weight excluding hydrogens is 242 g/mol. The van der Waals surface area contributed by atoms with Gasteiger partial charge in [0.25, 0.3) is 0 Å². The Kier molecular flexibility index (Phi) is 2.29. The number of nitrogens with two attached hydrogens (primary N) is 1. The van der Waals surface area contributed by atoms with Gasteiger partial charge in [0.05, 0.1) is 5.69 Å². The molecule has 4 heteroatoms. The molecule has 0 spiro atoms. The van der Waals surface area contributed by atoms with E-state index >= 15 is 0 Å². The standard InChI is InChI=1S/C10H10BrN3/c1-7-8(11)3-2-4-9(7)14-6-5-13-10(14)12/h2-6H,1H3,(H2,12,13). The van der Waals surface area contributed by atoms with Gasteiger partial charge in [-0.1, -0.05) is 22.0 Å². The lowest BCUT2D eigenvalue weighted by atomic mass is 10.2. The van der Waals surface area contributed by atoms with Gasteiger partial charge in [-0.05, 0) is 24.6 Å². The van der Waals surface area contributed by atoms with Crippen molar-refractivity contribution in [2.24, 2.45) is 0 Å². The minimum absolute atomic E-state index is 0.506. The lowest BCUT2D eigenvalue weighted by Crippen LogP contribution is -2.01. The Bertz CT molecular complexity index is 462. The zero-order valence-corrected chi connectivity index (χ0v) is 9.32. The molecule has 2 rings (SSSR count). The Labute approximate surface area is 90.7 Å². The van der Waals surface area contributed by atoms with Gasteiger partial charge in [0.2, 0.25) is 5.95 Å². The Morgan fingerprint density at radius 3 is 2.86 bits per heavy atom. The molecule has 0 fully saturated rings. The second-order valence-electron chi connectivity index (χ2n) is 3.04. The summed E-state index contributed by atoms with van der Waals surface area (Å²) in [6, 6.07) is 6.00. The van der Waals surface area contributed by atoms with Crippen molar-refractivity contribution in [3.63, 3.8) is 0 Å². The van der Waals surface area contributed by atoms with E-state index in [-0.39, 0.29) is 0 Å². The maximum atomic E-state index is 5.73. The lowest BCUT2D eigenvalue weighted by molar-refractivity contribution is 1.05. The van der Waals surface area contributed by atoms with E-state index in [1.165, 1.54) is 0 Å². The van der Waals surface area contributed by atoms with Crippen LogP contribution in [0.3, 0.4) is 0 Å². The largest absolute Gasteiger partial charge is 0.369 e. The molecule has 1 heterocycles. The summed E-state index contributed by atoms with van der Waals surface area (Å²) in [5, 5.41) is 0. The second kappa shape index (κ2) is 3.46. The molecule has 0 saturated carbocycles. The van der Waals surface area contributed by atoms with Crippen molar-refractivity contribution in [2.75, 3.05) is 5.73 Å². The maximum absolute atomic E-state index is 5.73. The molecular formula is C10H10BrN3. The van der Waals surface area contributed by atoms with Crippen molar-refractivity contribution in [3.8, 4) is 5.69 Å². The number of aromatic nitrogens is 2. The Hall–Kier alpha value is -1.29. The van der Waals surface area contributed by atoms with Gasteiger partial charge in [0.1, 0.15) is 0 Å². The highest BCUT2D eigenvalue weighted by Crippen LogP contribution is 2.23. The van der Waals surface area contributed by atoms with E-state index in [0.717, 1.165) is 15.7 Å². The van der Waals surface area contributed by atoms with Crippen LogP contribution in [0.15, 0.2) is 35.1 Å². The summed E-state index contributed by atoms with van der Waals surface area (Å²) < 4.78 is 2.93. The first kappa shape index (κ1) is 9.27. The van der Waals surface area contributed by atoms with Gasteiger partial charge in [0, 0.05) is 16.9 Å². The quantitative estimate of drug-likeness (QED) is 0.847. The average molecular weight is 252 g/mol. The zero-order chi connectivity index (χ0) is 10.1. The number of anilines is 1. The number of imidazole rings is 1. The summed E-state index contributed by atoms with van der Waals surface area (Å²) >= 11 is 3.48. The van der Waals surface area contributed by atoms with Crippen LogP contribution in [0.2, 0.25) is 0 Å². The van der Waals surface area contributed by atoms with Gasteiger partial charge in [-0.15, -0.1) is 0 Å². The Morgan fingerprint density at radius 1 is 1.43 bits per heavy atom. The fourth-order valence-corrected chi connectivity index (χ4v) is 1.73. The number of halogens is 1. The average Bonchev–Trinajstić information content (AvgIpc) is 2.57. The summed E-state index contributed by atoms with van der Waals surface area (Å²) in [6.45, 7) is 2.04. The summed E-state index contributed by atoms with van der Waals surface area (Å²) in [4.78, 5) is 3.99. The highest BCUT2D eigenvalue weighted by Gasteiger charge is 2.05. The summed E-state index contributed by atoms with van der Waals surface area (Å²) in [6.07, 6.45) is 3.54. The van der Waals surface area contributed by atoms with Crippen molar-refractivity contribution >= 4 is 21.9 Å². The number of nitrogen functional groups attached to an aromatic ring is 1. The van der Waals surface area contributed by atoms with Crippen molar-refractivity contribution < 1.29 is 0 Å². The van der Waals surface area contributed by atoms with Crippen LogP contribution in [0, 0.1) is 6.92 Å². The molecule has 1 aromatic heterocycles. The van der Waals surface area contributed by atoms with Crippen LogP contribution in [0.5, 0.6) is 0 Å². The zero-order valence-electron chi connectivity index (χ0n) is 7.74. The Balaban J connectivity index is 2.63. The van der Waals surface area contributed by atoms with E-state index in [2.05, 4.69) is 20.9 Å². The smallest absolute Gasteiger partial charge is 0.204 e. The molecule has 14 heavy (non-hydrogen) atoms. The second-order valence-corrected chi connectivity index (χ2v) is 3.89. The summed E-state index contributed by atoms with van der Waals surface area (Å²) in [7, 11) is 0. The van der Waals surface area contributed by atoms with Crippen molar-refractivity contribution in [1.29, 1.82) is 0 Å². The third-order valence-electron chi connectivity index (χ3n) is 2.17. The van der Waals surface area contributed by atoms with Crippen LogP contribution in [0.4, 0.5) is 5.95 Å². The first-order chi connectivity index (χ1) is 6.70. The van der Waals surface area contributed by atoms with Crippen LogP contribution in [0.1, 0.15) is 5.56 Å². The number of rotatable bonds is 1. The Morgan fingerprint density at radius 2 is 2.21 bits per heavy atom. The SMILES string of the molecule is Cc1c(Br)cccc1-n1ccnc1N. The molecule has 0 aliphatic carbocycles. The van der Waals surface area contributed by atoms with E-state index in [1.807, 2.05) is 35.9 Å². The van der Waals surface area contributed by atoms with E-state index in [4.69, 9.17) is 5.73 Å². The number of hydrogen-bond donors (Lipinski definition) is 1. The summed E-state index contributed by atoms with van der Waals surface area (Å²) in [5.41, 5.74) is 7.93. The molecule has 0 amide bonds. The first-order valence-electron chi connectivity index (χ1n) is 4.24. The third kappa shape index (κ3) is 1.42. The molecule has 3 nitrogen and oxygen atoms in total. The highest BCUT2D eigenvalue weighted by molar-refractivity contribution is 9.10. The van der Waals surface area contributed by atoms with Crippen LogP contribution in [0.25, 0.3) is 5.69 Å². The van der Waals surface area contributed by atoms with Crippen molar-refractivity contribution in [1.82, 2.24) is 9.55 Å². The lowest BCUT2D eigenvalue weighted by Gasteiger charge is -2.09. The highest BCUT2D eigenvalue weighted by atomic mass is 79.9. The molecule has 0 saturated heterocycles. The molecule has 2 aromatic rings. The van der Waals surface area contributed by atoms with Gasteiger partial charge >= 0.3 is 0 Å². The van der Waals surface area contributed by atoms with Crippen molar-refractivity contribution in [2.45, 2.75) is 6.92 Å². The van der Waals surface area contributed by atoms with Crippen LogP contribution in [-0.4, -0.2) is 9.55 Å². The van der Waals surface area contributed by atoms with E-state index in [9.17, 15) is 0 Å². The molecule has 0 aliphatic heterocycles. The number of benzene rings is 1. The van der Waals surface area contributed by atoms with E-state index in [0.29, 0.717) is 5.95 Å². The van der Waals surface area contributed by atoms with E-state index in [1.54, 1.807) is 6.20 Å². The number of hydrogen-bond acceptors (Lipinski definition) is 2. The maximum Gasteiger partial charge on any atom is 0.204 e. The minimum atomic E-state index is 0.506. The monoisotopic (exact) mass is 251 g/mol. The fraction of sp³-hybridized carbons (Fsp3) is 0.100. The normalized spacial score (nSPS) is 10.4. The molecule has 0 aliphatic rings. The predicted molar refractivity (Wildman–Crippen MR) is 60.4 cm³/mol. The molecule has 1 aromatic carbocycles.